The average molecular weight is 449 g/mol. The molecule has 2 aromatic rings. The minimum atomic E-state index is -0.725. The van der Waals surface area contributed by atoms with Gasteiger partial charge >= 0.3 is 0 Å². The Morgan fingerprint density at radius 3 is 2.31 bits per heavy atom. The second kappa shape index (κ2) is 8.13. The van der Waals surface area contributed by atoms with Gasteiger partial charge in [0.15, 0.2) is 0 Å². The van der Waals surface area contributed by atoms with Crippen molar-refractivity contribution in [1.82, 2.24) is 4.90 Å². The first kappa shape index (κ1) is 20.5. The van der Waals surface area contributed by atoms with Gasteiger partial charge in [0.25, 0.3) is 5.91 Å². The fourth-order valence-electron chi connectivity index (χ4n) is 4.09. The molecule has 2 aliphatic rings. The maximum Gasteiger partial charge on any atom is 0.260 e. The minimum absolute atomic E-state index is 0.263. The lowest BCUT2D eigenvalue weighted by molar-refractivity contribution is 0.0692. The van der Waals surface area contributed by atoms with Gasteiger partial charge in [-0.05, 0) is 68.1 Å². The molecular formula is C22H19Cl2FN2OS. The van der Waals surface area contributed by atoms with E-state index in [4.69, 9.17) is 40.4 Å². The molecule has 0 unspecified atom stereocenters. The first-order valence-corrected chi connectivity index (χ1v) is 10.8. The van der Waals surface area contributed by atoms with Crippen LogP contribution in [0.2, 0.25) is 10.0 Å². The number of amides is 1. The highest BCUT2D eigenvalue weighted by molar-refractivity contribution is 7.82. The van der Waals surface area contributed by atoms with Gasteiger partial charge in [-0.2, -0.15) is 0 Å². The predicted molar refractivity (Wildman–Crippen MR) is 119 cm³/mol. The summed E-state index contributed by atoms with van der Waals surface area (Å²) in [5, 5.41) is 0.963. The number of hydrogen-bond donors (Lipinski definition) is 0. The Labute approximate surface area is 184 Å². The number of carbonyl (C=O) groups is 1. The summed E-state index contributed by atoms with van der Waals surface area (Å²) in [6, 6.07) is 10.7. The van der Waals surface area contributed by atoms with Crippen LogP contribution in [0, 0.1) is 5.82 Å². The van der Waals surface area contributed by atoms with E-state index in [1.54, 1.807) is 23.1 Å². The van der Waals surface area contributed by atoms with E-state index in [1.165, 1.54) is 24.3 Å². The molecule has 1 saturated carbocycles. The smallest absolute Gasteiger partial charge is 0.260 e. The van der Waals surface area contributed by atoms with Crippen molar-refractivity contribution in [3.63, 3.8) is 0 Å². The van der Waals surface area contributed by atoms with Gasteiger partial charge in [-0.3, -0.25) is 14.7 Å². The van der Waals surface area contributed by atoms with Gasteiger partial charge in [0.05, 0.1) is 5.02 Å². The van der Waals surface area contributed by atoms with Gasteiger partial charge in [0.2, 0.25) is 0 Å². The molecule has 7 heteroatoms. The third kappa shape index (κ3) is 3.83. The van der Waals surface area contributed by atoms with Crippen LogP contribution in [0.25, 0.3) is 0 Å². The Hall–Kier alpha value is -1.82. The fourth-order valence-corrected chi connectivity index (χ4v) is 5.00. The van der Waals surface area contributed by atoms with Gasteiger partial charge in [-0.25, -0.2) is 4.39 Å². The van der Waals surface area contributed by atoms with E-state index in [0.29, 0.717) is 31.9 Å². The second-order valence-corrected chi connectivity index (χ2v) is 8.66. The molecule has 1 fully saturated rings. The van der Waals surface area contributed by atoms with Crippen molar-refractivity contribution in [1.29, 1.82) is 0 Å². The number of hydrogen-bond acceptors (Lipinski definition) is 3. The average Bonchev–Trinajstić information content (AvgIpc) is 2.82. The van der Waals surface area contributed by atoms with Crippen molar-refractivity contribution in [3.8, 4) is 0 Å². The van der Waals surface area contributed by atoms with E-state index in [0.717, 1.165) is 38.5 Å². The molecule has 150 valence electrons. The third-order valence-electron chi connectivity index (χ3n) is 5.53. The zero-order chi connectivity index (χ0) is 20.6. The second-order valence-electron chi connectivity index (χ2n) is 7.43. The molecular weight excluding hydrogens is 430 g/mol. The molecule has 1 heterocycles. The Morgan fingerprint density at radius 1 is 1.03 bits per heavy atom. The van der Waals surface area contributed by atoms with Crippen LogP contribution in [0.15, 0.2) is 47.5 Å². The maximum atomic E-state index is 13.5. The molecule has 29 heavy (non-hydrogen) atoms. The maximum absolute atomic E-state index is 13.5. The van der Waals surface area contributed by atoms with Crippen LogP contribution in [-0.4, -0.2) is 27.2 Å². The lowest BCUT2D eigenvalue weighted by atomic mass is 9.99. The normalized spacial score (nSPS) is 18.7. The van der Waals surface area contributed by atoms with Crippen molar-refractivity contribution < 1.29 is 9.18 Å². The summed E-state index contributed by atoms with van der Waals surface area (Å²) in [6.07, 6.45) is 5.57. The molecule has 2 aromatic carbocycles. The highest BCUT2D eigenvalue weighted by atomic mass is 35.5. The van der Waals surface area contributed by atoms with Crippen LogP contribution >= 0.6 is 35.4 Å². The summed E-state index contributed by atoms with van der Waals surface area (Å²) in [7, 11) is 0. The summed E-state index contributed by atoms with van der Waals surface area (Å²) in [5.41, 5.74) is 0.867. The van der Waals surface area contributed by atoms with Gasteiger partial charge in [-0.15, -0.1) is 0 Å². The molecule has 0 radical (unpaired) electrons. The Kier molecular flexibility index (Phi) is 5.74. The molecule has 0 atom stereocenters. The van der Waals surface area contributed by atoms with Crippen molar-refractivity contribution in [3.05, 3.63) is 69.5 Å². The molecule has 0 bridgehead atoms. The zero-order valence-corrected chi connectivity index (χ0v) is 18.0. The van der Waals surface area contributed by atoms with E-state index < -0.39 is 5.66 Å². The standard InChI is InChI=1S/C22H19Cl2FN2OS/c23-15-7-10-17(18(24)13-15)19-21(29)27(20(28)14-5-8-16(25)9-6-14)22(26-19)11-3-1-2-4-12-22/h5-10,13H,1-4,11-12H2. The quantitative estimate of drug-likeness (QED) is 0.494. The minimum Gasteiger partial charge on any atom is -0.271 e. The van der Waals surface area contributed by atoms with Crippen molar-refractivity contribution in [2.45, 2.75) is 44.2 Å². The molecule has 1 aliphatic heterocycles. The van der Waals surface area contributed by atoms with Crippen molar-refractivity contribution >= 4 is 52.0 Å². The highest BCUT2D eigenvalue weighted by Crippen LogP contribution is 2.41. The first-order valence-electron chi connectivity index (χ1n) is 9.61. The van der Waals surface area contributed by atoms with E-state index >= 15 is 0 Å². The van der Waals surface area contributed by atoms with Crippen LogP contribution in [0.4, 0.5) is 4.39 Å². The summed E-state index contributed by atoms with van der Waals surface area (Å²) < 4.78 is 13.4. The number of carbonyl (C=O) groups excluding carboxylic acids is 1. The molecule has 1 spiro atoms. The molecule has 0 aromatic heterocycles. The Balaban J connectivity index is 1.80. The number of nitrogens with zero attached hydrogens (tertiary/aromatic N) is 2. The van der Waals surface area contributed by atoms with Crippen molar-refractivity contribution in [2.75, 3.05) is 0 Å². The predicted octanol–water partition coefficient (Wildman–Crippen LogP) is 6.46. The van der Waals surface area contributed by atoms with E-state index in [9.17, 15) is 9.18 Å². The molecule has 0 saturated heterocycles. The van der Waals surface area contributed by atoms with Gasteiger partial charge in [0.1, 0.15) is 22.2 Å². The Morgan fingerprint density at radius 2 is 1.69 bits per heavy atom. The molecule has 3 nitrogen and oxygen atoms in total. The molecule has 0 N–H and O–H groups in total. The fraction of sp³-hybridized carbons (Fsp3) is 0.318. The SMILES string of the molecule is O=C(c1ccc(F)cc1)N1C(=S)C(c2ccc(Cl)cc2Cl)=NC12CCCCCC2. The largest absolute Gasteiger partial charge is 0.271 e. The van der Waals surface area contributed by atoms with Crippen LogP contribution in [0.5, 0.6) is 0 Å². The van der Waals surface area contributed by atoms with Crippen LogP contribution < -0.4 is 0 Å². The number of halogens is 3. The first-order chi connectivity index (χ1) is 13.9. The molecule has 1 amide bonds. The summed E-state index contributed by atoms with van der Waals surface area (Å²) in [6.45, 7) is 0. The van der Waals surface area contributed by atoms with Crippen LogP contribution in [0.1, 0.15) is 54.4 Å². The van der Waals surface area contributed by atoms with Gasteiger partial charge in [-0.1, -0.05) is 48.3 Å². The van der Waals surface area contributed by atoms with E-state index in [1.807, 2.05) is 0 Å². The molecule has 4 rings (SSSR count). The highest BCUT2D eigenvalue weighted by Gasteiger charge is 2.48. The third-order valence-corrected chi connectivity index (χ3v) is 6.45. The topological polar surface area (TPSA) is 32.7 Å². The Bertz CT molecular complexity index is 998. The number of aliphatic imine (C=N–C) groups is 1. The zero-order valence-electron chi connectivity index (χ0n) is 15.6. The monoisotopic (exact) mass is 448 g/mol. The summed E-state index contributed by atoms with van der Waals surface area (Å²) >= 11 is 18.2. The lowest BCUT2D eigenvalue weighted by Gasteiger charge is -2.35. The number of rotatable bonds is 2. The van der Waals surface area contributed by atoms with Gasteiger partial charge in [0, 0.05) is 16.1 Å². The number of benzene rings is 2. The van der Waals surface area contributed by atoms with E-state index in [2.05, 4.69) is 0 Å². The van der Waals surface area contributed by atoms with Crippen LogP contribution in [-0.2, 0) is 0 Å². The summed E-state index contributed by atoms with van der Waals surface area (Å²) in [5.74, 6) is -0.652. The van der Waals surface area contributed by atoms with Gasteiger partial charge < -0.3 is 0 Å². The lowest BCUT2D eigenvalue weighted by Crippen LogP contribution is -2.49. The number of thiocarbonyl (C=S) groups is 1. The van der Waals surface area contributed by atoms with Crippen molar-refractivity contribution in [2.24, 2.45) is 4.99 Å². The summed E-state index contributed by atoms with van der Waals surface area (Å²) in [4.78, 5) is 20.4. The van der Waals surface area contributed by atoms with E-state index in [-0.39, 0.29) is 11.7 Å². The van der Waals surface area contributed by atoms with Crippen LogP contribution in [0.3, 0.4) is 0 Å². The molecule has 1 aliphatic carbocycles.